The van der Waals surface area contributed by atoms with Crippen LogP contribution in [-0.2, 0) is 0 Å². The lowest BCUT2D eigenvalue weighted by molar-refractivity contribution is 0.439. The predicted octanol–water partition coefficient (Wildman–Crippen LogP) is 3.87. The van der Waals surface area contributed by atoms with Crippen molar-refractivity contribution in [2.75, 3.05) is 5.73 Å². The third kappa shape index (κ3) is 2.38. The molecule has 0 amide bonds. The summed E-state index contributed by atoms with van der Waals surface area (Å²) in [7, 11) is 0. The SMILES string of the molecule is N=C(c1cc(Cl)ccc1N)C1CCCCC1. The molecule has 1 saturated carbocycles. The zero-order valence-corrected chi connectivity index (χ0v) is 10.1. The van der Waals surface area contributed by atoms with Gasteiger partial charge in [-0.3, -0.25) is 0 Å². The number of rotatable bonds is 2. The van der Waals surface area contributed by atoms with Crippen LogP contribution in [0.1, 0.15) is 37.7 Å². The summed E-state index contributed by atoms with van der Waals surface area (Å²) >= 11 is 5.95. The number of nitrogen functional groups attached to an aromatic ring is 1. The first-order chi connectivity index (χ1) is 7.68. The van der Waals surface area contributed by atoms with E-state index in [4.69, 9.17) is 22.7 Å². The van der Waals surface area contributed by atoms with Crippen molar-refractivity contribution >= 4 is 23.0 Å². The van der Waals surface area contributed by atoms with Crippen LogP contribution >= 0.6 is 11.6 Å². The van der Waals surface area contributed by atoms with E-state index >= 15 is 0 Å². The minimum Gasteiger partial charge on any atom is -0.398 e. The van der Waals surface area contributed by atoms with Crippen LogP contribution in [0.15, 0.2) is 18.2 Å². The van der Waals surface area contributed by atoms with Gasteiger partial charge in [-0.05, 0) is 31.0 Å². The average molecular weight is 237 g/mol. The van der Waals surface area contributed by atoms with E-state index in [9.17, 15) is 0 Å². The standard InChI is InChI=1S/C13H17ClN2/c14-10-6-7-12(15)11(8-10)13(16)9-4-2-1-3-5-9/h6-9,16H,1-5,15H2. The molecule has 16 heavy (non-hydrogen) atoms. The van der Waals surface area contributed by atoms with Gasteiger partial charge in [-0.1, -0.05) is 30.9 Å². The largest absolute Gasteiger partial charge is 0.398 e. The van der Waals surface area contributed by atoms with Gasteiger partial charge in [0.25, 0.3) is 0 Å². The number of benzene rings is 1. The Hall–Kier alpha value is -1.02. The van der Waals surface area contributed by atoms with Gasteiger partial charge in [0.05, 0.1) is 0 Å². The smallest absolute Gasteiger partial charge is 0.0438 e. The van der Waals surface area contributed by atoms with Crippen molar-refractivity contribution in [1.29, 1.82) is 5.41 Å². The lowest BCUT2D eigenvalue weighted by Crippen LogP contribution is -2.19. The topological polar surface area (TPSA) is 49.9 Å². The molecule has 0 spiro atoms. The lowest BCUT2D eigenvalue weighted by atomic mass is 9.83. The van der Waals surface area contributed by atoms with E-state index in [0.29, 0.717) is 22.3 Å². The van der Waals surface area contributed by atoms with Crippen LogP contribution in [0, 0.1) is 11.3 Å². The molecular weight excluding hydrogens is 220 g/mol. The highest BCUT2D eigenvalue weighted by atomic mass is 35.5. The molecule has 0 bridgehead atoms. The molecule has 0 atom stereocenters. The zero-order chi connectivity index (χ0) is 11.5. The number of hydrogen-bond donors (Lipinski definition) is 2. The van der Waals surface area contributed by atoms with Gasteiger partial charge in [0, 0.05) is 27.9 Å². The van der Waals surface area contributed by atoms with Crippen molar-refractivity contribution < 1.29 is 0 Å². The van der Waals surface area contributed by atoms with Crippen LogP contribution in [0.5, 0.6) is 0 Å². The van der Waals surface area contributed by atoms with Crippen LogP contribution in [0.4, 0.5) is 5.69 Å². The third-order valence-corrected chi connectivity index (χ3v) is 3.55. The fraction of sp³-hybridized carbons (Fsp3) is 0.462. The van der Waals surface area contributed by atoms with Gasteiger partial charge in [0.15, 0.2) is 0 Å². The summed E-state index contributed by atoms with van der Waals surface area (Å²) in [6, 6.07) is 5.37. The average Bonchev–Trinajstić information content (AvgIpc) is 2.32. The summed E-state index contributed by atoms with van der Waals surface area (Å²) in [6.45, 7) is 0. The summed E-state index contributed by atoms with van der Waals surface area (Å²) in [5.41, 5.74) is 8.05. The second-order valence-electron chi connectivity index (χ2n) is 4.48. The molecular formula is C13H17ClN2. The van der Waals surface area contributed by atoms with E-state index in [2.05, 4.69) is 0 Å². The van der Waals surface area contributed by atoms with E-state index in [1.54, 1.807) is 12.1 Å². The second-order valence-corrected chi connectivity index (χ2v) is 4.92. The maximum absolute atomic E-state index is 8.22. The van der Waals surface area contributed by atoms with Gasteiger partial charge in [-0.2, -0.15) is 0 Å². The Morgan fingerprint density at radius 1 is 1.25 bits per heavy atom. The summed E-state index contributed by atoms with van der Waals surface area (Å²) in [5.74, 6) is 0.370. The molecule has 2 nitrogen and oxygen atoms in total. The lowest BCUT2D eigenvalue weighted by Gasteiger charge is -2.23. The van der Waals surface area contributed by atoms with Gasteiger partial charge < -0.3 is 11.1 Å². The molecule has 1 aliphatic rings. The van der Waals surface area contributed by atoms with E-state index in [0.717, 1.165) is 18.4 Å². The maximum atomic E-state index is 8.22. The normalized spacial score (nSPS) is 17.3. The van der Waals surface area contributed by atoms with Gasteiger partial charge in [-0.15, -0.1) is 0 Å². The third-order valence-electron chi connectivity index (χ3n) is 3.32. The van der Waals surface area contributed by atoms with Crippen LogP contribution in [0.2, 0.25) is 5.02 Å². The molecule has 1 aromatic rings. The molecule has 3 N–H and O–H groups in total. The van der Waals surface area contributed by atoms with Gasteiger partial charge in [-0.25, -0.2) is 0 Å². The molecule has 0 unspecified atom stereocenters. The van der Waals surface area contributed by atoms with Crippen molar-refractivity contribution in [3.63, 3.8) is 0 Å². The molecule has 3 heteroatoms. The van der Waals surface area contributed by atoms with E-state index < -0.39 is 0 Å². The summed E-state index contributed by atoms with van der Waals surface area (Å²) in [4.78, 5) is 0. The minimum absolute atomic E-state index is 0.370. The Morgan fingerprint density at radius 2 is 1.94 bits per heavy atom. The maximum Gasteiger partial charge on any atom is 0.0438 e. The molecule has 86 valence electrons. The van der Waals surface area contributed by atoms with Crippen LogP contribution in [0.25, 0.3) is 0 Å². The summed E-state index contributed by atoms with van der Waals surface area (Å²) < 4.78 is 0. The van der Waals surface area contributed by atoms with Crippen LogP contribution in [0.3, 0.4) is 0 Å². The molecule has 1 aromatic carbocycles. The Kier molecular flexibility index (Phi) is 3.49. The van der Waals surface area contributed by atoms with Gasteiger partial charge in [0.2, 0.25) is 0 Å². The highest BCUT2D eigenvalue weighted by Gasteiger charge is 2.20. The molecule has 0 aliphatic heterocycles. The van der Waals surface area contributed by atoms with Crippen molar-refractivity contribution in [2.24, 2.45) is 5.92 Å². The fourth-order valence-electron chi connectivity index (χ4n) is 2.37. The predicted molar refractivity (Wildman–Crippen MR) is 69.3 cm³/mol. The highest BCUT2D eigenvalue weighted by Crippen LogP contribution is 2.29. The highest BCUT2D eigenvalue weighted by molar-refractivity contribution is 6.31. The Bertz CT molecular complexity index is 395. The van der Waals surface area contributed by atoms with Gasteiger partial charge in [0.1, 0.15) is 0 Å². The van der Waals surface area contributed by atoms with Crippen molar-refractivity contribution in [3.05, 3.63) is 28.8 Å². The minimum atomic E-state index is 0.370. The first kappa shape index (κ1) is 11.5. The van der Waals surface area contributed by atoms with Crippen molar-refractivity contribution in [2.45, 2.75) is 32.1 Å². The van der Waals surface area contributed by atoms with E-state index in [1.165, 1.54) is 19.3 Å². The van der Waals surface area contributed by atoms with Crippen molar-refractivity contribution in [1.82, 2.24) is 0 Å². The number of halogens is 1. The second kappa shape index (κ2) is 4.88. The molecule has 1 fully saturated rings. The summed E-state index contributed by atoms with van der Waals surface area (Å²) in [6.07, 6.45) is 5.99. The van der Waals surface area contributed by atoms with Crippen LogP contribution in [-0.4, -0.2) is 5.71 Å². The monoisotopic (exact) mass is 236 g/mol. The van der Waals surface area contributed by atoms with Crippen molar-refractivity contribution in [3.8, 4) is 0 Å². The molecule has 0 saturated heterocycles. The molecule has 0 aromatic heterocycles. The molecule has 2 rings (SSSR count). The zero-order valence-electron chi connectivity index (χ0n) is 9.30. The number of hydrogen-bond acceptors (Lipinski definition) is 2. The Morgan fingerprint density at radius 3 is 2.62 bits per heavy atom. The van der Waals surface area contributed by atoms with Gasteiger partial charge >= 0.3 is 0 Å². The molecule has 0 radical (unpaired) electrons. The Balaban J connectivity index is 2.22. The van der Waals surface area contributed by atoms with E-state index in [-0.39, 0.29) is 0 Å². The fourth-order valence-corrected chi connectivity index (χ4v) is 2.55. The van der Waals surface area contributed by atoms with E-state index in [1.807, 2.05) is 6.07 Å². The van der Waals surface area contributed by atoms with Crippen LogP contribution < -0.4 is 5.73 Å². The number of nitrogens with one attached hydrogen (secondary N) is 1. The number of anilines is 1. The Labute approximate surface area is 101 Å². The quantitative estimate of drug-likeness (QED) is 0.594. The summed E-state index contributed by atoms with van der Waals surface area (Å²) in [5, 5.41) is 8.88. The molecule has 1 aliphatic carbocycles. The number of nitrogens with two attached hydrogens (primary N) is 1. The first-order valence-electron chi connectivity index (χ1n) is 5.82. The molecule has 0 heterocycles. The first-order valence-corrected chi connectivity index (χ1v) is 6.20.